The lowest BCUT2D eigenvalue weighted by molar-refractivity contribution is 0.305. The van der Waals surface area contributed by atoms with Gasteiger partial charge in [-0.05, 0) is 37.8 Å². The largest absolute Gasteiger partial charge is 0.494 e. The number of ether oxygens (including phenoxy) is 1. The van der Waals surface area contributed by atoms with E-state index in [-0.39, 0.29) is 0 Å². The second-order valence-corrected chi connectivity index (χ2v) is 3.76. The summed E-state index contributed by atoms with van der Waals surface area (Å²) in [6, 6.07) is 8.03. The van der Waals surface area contributed by atoms with E-state index >= 15 is 0 Å². The molecule has 1 aromatic rings. The van der Waals surface area contributed by atoms with Gasteiger partial charge in [-0.1, -0.05) is 12.1 Å². The summed E-state index contributed by atoms with van der Waals surface area (Å²) in [7, 11) is 1.91. The molecule has 1 N–H and O–H groups in total. The van der Waals surface area contributed by atoms with Gasteiger partial charge in [-0.15, -0.1) is 6.58 Å². The highest BCUT2D eigenvalue weighted by molar-refractivity contribution is 5.47. The van der Waals surface area contributed by atoms with Gasteiger partial charge >= 0.3 is 0 Å². The highest BCUT2D eigenvalue weighted by Gasteiger charge is 1.95. The number of allylic oxidation sites excluding steroid dienone is 1. The maximum absolute atomic E-state index is 5.66. The smallest absolute Gasteiger partial charge is 0.121 e. The van der Waals surface area contributed by atoms with Crippen molar-refractivity contribution in [2.75, 3.05) is 19.0 Å². The SMILES string of the molecule is C=CCCCCCOc1cccc(NC)c1. The monoisotopic (exact) mass is 219 g/mol. The summed E-state index contributed by atoms with van der Waals surface area (Å²) in [5, 5.41) is 3.09. The minimum atomic E-state index is 0.796. The zero-order valence-corrected chi connectivity index (χ0v) is 10.0. The van der Waals surface area contributed by atoms with Gasteiger partial charge in [-0.2, -0.15) is 0 Å². The Hall–Kier alpha value is -1.44. The molecule has 2 heteroatoms. The van der Waals surface area contributed by atoms with Crippen molar-refractivity contribution in [1.82, 2.24) is 0 Å². The Balaban J connectivity index is 2.18. The van der Waals surface area contributed by atoms with Crippen molar-refractivity contribution in [3.8, 4) is 5.75 Å². The van der Waals surface area contributed by atoms with Crippen LogP contribution in [-0.4, -0.2) is 13.7 Å². The quantitative estimate of drug-likeness (QED) is 0.529. The van der Waals surface area contributed by atoms with Crippen molar-refractivity contribution in [3.63, 3.8) is 0 Å². The highest BCUT2D eigenvalue weighted by atomic mass is 16.5. The van der Waals surface area contributed by atoms with Gasteiger partial charge in [0.05, 0.1) is 6.61 Å². The van der Waals surface area contributed by atoms with Gasteiger partial charge in [0.25, 0.3) is 0 Å². The zero-order chi connectivity index (χ0) is 11.6. The fraction of sp³-hybridized carbons (Fsp3) is 0.429. The molecule has 88 valence electrons. The molecule has 2 nitrogen and oxygen atoms in total. The van der Waals surface area contributed by atoms with Crippen LogP contribution in [0, 0.1) is 0 Å². The van der Waals surface area contributed by atoms with Crippen LogP contribution in [0.2, 0.25) is 0 Å². The standard InChI is InChI=1S/C14H21NO/c1-3-4-5-6-7-11-16-14-10-8-9-13(12-14)15-2/h3,8-10,12,15H,1,4-7,11H2,2H3. The van der Waals surface area contributed by atoms with E-state index < -0.39 is 0 Å². The molecule has 0 spiro atoms. The Morgan fingerprint density at radius 3 is 2.94 bits per heavy atom. The molecule has 16 heavy (non-hydrogen) atoms. The molecule has 0 aliphatic carbocycles. The first-order chi connectivity index (χ1) is 7.86. The lowest BCUT2D eigenvalue weighted by Crippen LogP contribution is -1.97. The molecule has 0 amide bonds. The van der Waals surface area contributed by atoms with Crippen LogP contribution >= 0.6 is 0 Å². The Labute approximate surface area is 98.3 Å². The third-order valence-corrected chi connectivity index (χ3v) is 2.44. The Kier molecular flexibility index (Phi) is 6.16. The van der Waals surface area contributed by atoms with Crippen molar-refractivity contribution in [2.24, 2.45) is 0 Å². The minimum Gasteiger partial charge on any atom is -0.494 e. The summed E-state index contributed by atoms with van der Waals surface area (Å²) < 4.78 is 5.66. The van der Waals surface area contributed by atoms with Gasteiger partial charge in [-0.25, -0.2) is 0 Å². The van der Waals surface area contributed by atoms with E-state index in [9.17, 15) is 0 Å². The molecule has 0 aromatic heterocycles. The molecule has 0 atom stereocenters. The number of unbranched alkanes of at least 4 members (excludes halogenated alkanes) is 3. The lowest BCUT2D eigenvalue weighted by Gasteiger charge is -2.07. The fourth-order valence-electron chi connectivity index (χ4n) is 1.50. The van der Waals surface area contributed by atoms with Gasteiger partial charge < -0.3 is 10.1 Å². The number of rotatable bonds is 8. The van der Waals surface area contributed by atoms with Crippen LogP contribution in [0.5, 0.6) is 5.75 Å². The van der Waals surface area contributed by atoms with Crippen molar-refractivity contribution < 1.29 is 4.74 Å². The average Bonchev–Trinajstić information content (AvgIpc) is 2.34. The minimum absolute atomic E-state index is 0.796. The van der Waals surface area contributed by atoms with Gasteiger partial charge in [-0.3, -0.25) is 0 Å². The molecule has 0 aliphatic rings. The number of nitrogens with one attached hydrogen (secondary N) is 1. The van der Waals surface area contributed by atoms with Crippen molar-refractivity contribution in [3.05, 3.63) is 36.9 Å². The highest BCUT2D eigenvalue weighted by Crippen LogP contribution is 2.17. The second kappa shape index (κ2) is 7.80. The number of anilines is 1. The molecular formula is C14H21NO. The molecule has 0 saturated heterocycles. The second-order valence-electron chi connectivity index (χ2n) is 3.76. The van der Waals surface area contributed by atoms with E-state index in [1.54, 1.807) is 0 Å². The third kappa shape index (κ3) is 4.87. The van der Waals surface area contributed by atoms with Crippen LogP contribution in [0.1, 0.15) is 25.7 Å². The summed E-state index contributed by atoms with van der Waals surface area (Å²) in [6.07, 6.45) is 6.60. The molecule has 1 rings (SSSR count). The number of hydrogen-bond acceptors (Lipinski definition) is 2. The van der Waals surface area contributed by atoms with Crippen LogP contribution < -0.4 is 10.1 Å². The Morgan fingerprint density at radius 2 is 2.19 bits per heavy atom. The molecule has 1 aromatic carbocycles. The van der Waals surface area contributed by atoms with Gasteiger partial charge in [0.2, 0.25) is 0 Å². The van der Waals surface area contributed by atoms with E-state index in [0.29, 0.717) is 0 Å². The van der Waals surface area contributed by atoms with E-state index in [1.807, 2.05) is 37.4 Å². The summed E-state index contributed by atoms with van der Waals surface area (Å²) in [5.74, 6) is 0.940. The summed E-state index contributed by atoms with van der Waals surface area (Å²) in [6.45, 7) is 4.50. The van der Waals surface area contributed by atoms with Crippen molar-refractivity contribution in [2.45, 2.75) is 25.7 Å². The molecule has 0 fully saturated rings. The van der Waals surface area contributed by atoms with Gasteiger partial charge in [0, 0.05) is 18.8 Å². The van der Waals surface area contributed by atoms with E-state index in [2.05, 4.69) is 11.9 Å². The Bertz CT molecular complexity index is 309. The maximum Gasteiger partial charge on any atom is 0.121 e. The normalized spacial score (nSPS) is 9.81. The first-order valence-electron chi connectivity index (χ1n) is 5.88. The molecule has 0 radical (unpaired) electrons. The molecule has 0 unspecified atom stereocenters. The molecule has 0 saturated carbocycles. The van der Waals surface area contributed by atoms with E-state index in [0.717, 1.165) is 30.9 Å². The van der Waals surface area contributed by atoms with Gasteiger partial charge in [0.15, 0.2) is 0 Å². The molecule has 0 aliphatic heterocycles. The average molecular weight is 219 g/mol. The van der Waals surface area contributed by atoms with Gasteiger partial charge in [0.1, 0.15) is 5.75 Å². The fourth-order valence-corrected chi connectivity index (χ4v) is 1.50. The zero-order valence-electron chi connectivity index (χ0n) is 10.0. The van der Waals surface area contributed by atoms with E-state index in [4.69, 9.17) is 4.74 Å². The first kappa shape index (κ1) is 12.6. The number of hydrogen-bond donors (Lipinski definition) is 1. The van der Waals surface area contributed by atoms with Crippen LogP contribution in [0.25, 0.3) is 0 Å². The van der Waals surface area contributed by atoms with Crippen LogP contribution in [0.15, 0.2) is 36.9 Å². The van der Waals surface area contributed by atoms with Crippen LogP contribution in [0.4, 0.5) is 5.69 Å². The summed E-state index contributed by atoms with van der Waals surface area (Å²) in [4.78, 5) is 0. The third-order valence-electron chi connectivity index (χ3n) is 2.44. The molecular weight excluding hydrogens is 198 g/mol. The topological polar surface area (TPSA) is 21.3 Å². The first-order valence-corrected chi connectivity index (χ1v) is 5.88. The van der Waals surface area contributed by atoms with E-state index in [1.165, 1.54) is 12.8 Å². The number of benzene rings is 1. The maximum atomic E-state index is 5.66. The predicted octanol–water partition coefficient (Wildman–Crippen LogP) is 3.85. The van der Waals surface area contributed by atoms with Crippen molar-refractivity contribution in [1.29, 1.82) is 0 Å². The lowest BCUT2D eigenvalue weighted by atomic mass is 10.2. The van der Waals surface area contributed by atoms with Crippen molar-refractivity contribution >= 4 is 5.69 Å². The Morgan fingerprint density at radius 1 is 1.31 bits per heavy atom. The van der Waals surface area contributed by atoms with Crippen LogP contribution in [-0.2, 0) is 0 Å². The van der Waals surface area contributed by atoms with Crippen LogP contribution in [0.3, 0.4) is 0 Å². The predicted molar refractivity (Wildman–Crippen MR) is 70.1 cm³/mol. The summed E-state index contributed by atoms with van der Waals surface area (Å²) >= 11 is 0. The summed E-state index contributed by atoms with van der Waals surface area (Å²) in [5.41, 5.74) is 1.09. The molecule has 0 heterocycles. The molecule has 0 bridgehead atoms.